The van der Waals surface area contributed by atoms with Gasteiger partial charge in [-0.25, -0.2) is 4.39 Å². The molecular weight excluding hydrogens is 355 g/mol. The Bertz CT molecular complexity index is 852. The van der Waals surface area contributed by atoms with Crippen LogP contribution in [-0.2, 0) is 11.2 Å². The van der Waals surface area contributed by atoms with Crippen molar-refractivity contribution >= 4 is 5.78 Å². The molecule has 3 rings (SSSR count). The largest absolute Gasteiger partial charge is 0.494 e. The maximum Gasteiger partial charge on any atom is 0.165 e. The number of Topliss-reactive ketones (excluding diaryl/α,β-unsaturated/α-hetero) is 1. The molecule has 0 amide bonds. The highest BCUT2D eigenvalue weighted by Gasteiger charge is 2.23. The van der Waals surface area contributed by atoms with Crippen LogP contribution in [-0.4, -0.2) is 25.5 Å². The fraction of sp³-hybridized carbons (Fsp3) is 0.391. The smallest absolute Gasteiger partial charge is 0.165 e. The lowest BCUT2D eigenvalue weighted by Crippen LogP contribution is -2.41. The van der Waals surface area contributed by atoms with Crippen molar-refractivity contribution in [3.05, 3.63) is 53.8 Å². The molecule has 1 aliphatic rings. The molecule has 1 fully saturated rings. The van der Waals surface area contributed by atoms with Gasteiger partial charge < -0.3 is 10.1 Å². The van der Waals surface area contributed by atoms with E-state index in [1.54, 1.807) is 6.07 Å². The highest BCUT2D eigenvalue weighted by Crippen LogP contribution is 2.26. The number of benzene rings is 2. The summed E-state index contributed by atoms with van der Waals surface area (Å²) in [7, 11) is 1.44. The molecular formula is C23H25FN2O2. The Morgan fingerprint density at radius 1 is 1.25 bits per heavy atom. The molecule has 2 atom stereocenters. The van der Waals surface area contributed by atoms with Gasteiger partial charge in [-0.2, -0.15) is 5.26 Å². The van der Waals surface area contributed by atoms with Crippen LogP contribution in [0.4, 0.5) is 4.39 Å². The molecule has 0 saturated carbocycles. The minimum absolute atomic E-state index is 0.100. The summed E-state index contributed by atoms with van der Waals surface area (Å²) >= 11 is 0. The van der Waals surface area contributed by atoms with Crippen molar-refractivity contribution in [2.45, 2.75) is 38.1 Å². The molecule has 0 aromatic heterocycles. The predicted octanol–water partition coefficient (Wildman–Crippen LogP) is 4.28. The maximum absolute atomic E-state index is 13.9. The average Bonchev–Trinajstić information content (AvgIpc) is 2.74. The monoisotopic (exact) mass is 380 g/mol. The topological polar surface area (TPSA) is 62.1 Å². The highest BCUT2D eigenvalue weighted by atomic mass is 19.1. The molecule has 1 aliphatic heterocycles. The van der Waals surface area contributed by atoms with Gasteiger partial charge in [0.25, 0.3) is 0 Å². The molecule has 0 bridgehead atoms. The van der Waals surface area contributed by atoms with Crippen molar-refractivity contribution in [2.24, 2.45) is 5.92 Å². The Kier molecular flexibility index (Phi) is 6.78. The number of rotatable bonds is 7. The van der Waals surface area contributed by atoms with E-state index in [-0.39, 0.29) is 29.9 Å². The first-order chi connectivity index (χ1) is 13.6. The summed E-state index contributed by atoms with van der Waals surface area (Å²) in [4.78, 5) is 12.4. The molecule has 0 radical (unpaired) electrons. The Morgan fingerprint density at radius 3 is 2.61 bits per heavy atom. The molecule has 5 heteroatoms. The SMILES string of the molecule is COc1ccc(-c2ccc(C[C@@H](C#N)CC(=O)[C@@H]3CCCCN3)cc2)cc1F. The molecule has 28 heavy (non-hydrogen) atoms. The van der Waals surface area contributed by atoms with Crippen molar-refractivity contribution in [3.8, 4) is 22.9 Å². The Hall–Kier alpha value is -2.71. The van der Waals surface area contributed by atoms with E-state index in [0.29, 0.717) is 6.42 Å². The van der Waals surface area contributed by atoms with Crippen LogP contribution < -0.4 is 10.1 Å². The van der Waals surface area contributed by atoms with Crippen LogP contribution in [0.3, 0.4) is 0 Å². The zero-order valence-electron chi connectivity index (χ0n) is 16.1. The third kappa shape index (κ3) is 4.96. The van der Waals surface area contributed by atoms with Gasteiger partial charge in [-0.3, -0.25) is 4.79 Å². The third-order valence-electron chi connectivity index (χ3n) is 5.25. The van der Waals surface area contributed by atoms with Gasteiger partial charge in [0.1, 0.15) is 0 Å². The second-order valence-corrected chi connectivity index (χ2v) is 7.25. The second-order valence-electron chi connectivity index (χ2n) is 7.25. The van der Waals surface area contributed by atoms with E-state index in [1.165, 1.54) is 13.2 Å². The zero-order valence-corrected chi connectivity index (χ0v) is 16.1. The van der Waals surface area contributed by atoms with Crippen LogP contribution in [0.15, 0.2) is 42.5 Å². The molecule has 1 heterocycles. The van der Waals surface area contributed by atoms with Crippen LogP contribution in [0, 0.1) is 23.1 Å². The van der Waals surface area contributed by atoms with Gasteiger partial charge in [-0.1, -0.05) is 36.8 Å². The summed E-state index contributed by atoms with van der Waals surface area (Å²) < 4.78 is 18.9. The van der Waals surface area contributed by atoms with Crippen molar-refractivity contribution in [1.82, 2.24) is 5.32 Å². The minimum atomic E-state index is -0.400. The van der Waals surface area contributed by atoms with Crippen molar-refractivity contribution < 1.29 is 13.9 Å². The first kappa shape index (κ1) is 20.0. The van der Waals surface area contributed by atoms with E-state index in [0.717, 1.165) is 42.5 Å². The van der Waals surface area contributed by atoms with E-state index < -0.39 is 5.82 Å². The fourth-order valence-electron chi connectivity index (χ4n) is 3.64. The van der Waals surface area contributed by atoms with E-state index in [1.807, 2.05) is 30.3 Å². The molecule has 1 N–H and O–H groups in total. The molecule has 146 valence electrons. The number of nitriles is 1. The summed E-state index contributed by atoms with van der Waals surface area (Å²) in [5, 5.41) is 12.7. The number of carbonyl (C=O) groups is 1. The number of ether oxygens (including phenoxy) is 1. The number of carbonyl (C=O) groups excluding carboxylic acids is 1. The first-order valence-electron chi connectivity index (χ1n) is 9.69. The van der Waals surface area contributed by atoms with Gasteiger partial charge in [0.05, 0.1) is 25.1 Å². The van der Waals surface area contributed by atoms with Gasteiger partial charge in [0, 0.05) is 6.42 Å². The van der Waals surface area contributed by atoms with E-state index in [4.69, 9.17) is 4.74 Å². The van der Waals surface area contributed by atoms with E-state index >= 15 is 0 Å². The van der Waals surface area contributed by atoms with Gasteiger partial charge in [-0.15, -0.1) is 0 Å². The van der Waals surface area contributed by atoms with Gasteiger partial charge in [0.15, 0.2) is 17.3 Å². The molecule has 2 aromatic rings. The summed E-state index contributed by atoms with van der Waals surface area (Å²) in [6.07, 6.45) is 3.85. The van der Waals surface area contributed by atoms with E-state index in [9.17, 15) is 14.4 Å². The summed E-state index contributed by atoms with van der Waals surface area (Å²) in [5.41, 5.74) is 2.65. The standard InChI is InChI=1S/C23H25FN2O2/c1-28-23-10-9-19(14-20(23)24)18-7-5-16(6-8-18)12-17(15-25)13-22(27)21-4-2-3-11-26-21/h5-10,14,17,21,26H,2-4,11-13H2,1H3/t17-,21+/m1/s1. The Labute approximate surface area is 165 Å². The number of piperidine rings is 1. The van der Waals surface area contributed by atoms with Crippen molar-refractivity contribution in [3.63, 3.8) is 0 Å². The molecule has 0 unspecified atom stereocenters. The second kappa shape index (κ2) is 9.48. The van der Waals surface area contributed by atoms with Crippen LogP contribution in [0.5, 0.6) is 5.75 Å². The number of nitrogens with one attached hydrogen (secondary N) is 1. The fourth-order valence-corrected chi connectivity index (χ4v) is 3.64. The van der Waals surface area contributed by atoms with Crippen LogP contribution in [0.2, 0.25) is 0 Å². The number of hydrogen-bond acceptors (Lipinski definition) is 4. The number of methoxy groups -OCH3 is 1. The van der Waals surface area contributed by atoms with E-state index in [2.05, 4.69) is 11.4 Å². The zero-order chi connectivity index (χ0) is 19.9. The summed E-state index contributed by atoms with van der Waals surface area (Å²) in [5.74, 6) is -0.380. The summed E-state index contributed by atoms with van der Waals surface area (Å²) in [6, 6.07) is 14.7. The van der Waals surface area contributed by atoms with Gasteiger partial charge >= 0.3 is 0 Å². The third-order valence-corrected chi connectivity index (χ3v) is 5.25. The number of ketones is 1. The number of hydrogen-bond donors (Lipinski definition) is 1. The van der Waals surface area contributed by atoms with Gasteiger partial charge in [-0.05, 0) is 54.6 Å². The maximum atomic E-state index is 13.9. The lowest BCUT2D eigenvalue weighted by molar-refractivity contribution is -0.122. The average molecular weight is 380 g/mol. The highest BCUT2D eigenvalue weighted by molar-refractivity contribution is 5.84. The van der Waals surface area contributed by atoms with Crippen molar-refractivity contribution in [1.29, 1.82) is 5.26 Å². The minimum Gasteiger partial charge on any atom is -0.494 e. The van der Waals surface area contributed by atoms with Crippen LogP contribution in [0.1, 0.15) is 31.2 Å². The predicted molar refractivity (Wildman–Crippen MR) is 106 cm³/mol. The number of halogens is 1. The lowest BCUT2D eigenvalue weighted by Gasteiger charge is -2.23. The molecule has 2 aromatic carbocycles. The Balaban J connectivity index is 1.63. The first-order valence-corrected chi connectivity index (χ1v) is 9.69. The molecule has 1 saturated heterocycles. The number of nitrogens with zero attached hydrogens (tertiary/aromatic N) is 1. The molecule has 0 aliphatic carbocycles. The van der Waals surface area contributed by atoms with Crippen LogP contribution in [0.25, 0.3) is 11.1 Å². The summed E-state index contributed by atoms with van der Waals surface area (Å²) in [6.45, 7) is 0.876. The molecule has 4 nitrogen and oxygen atoms in total. The quantitative estimate of drug-likeness (QED) is 0.779. The lowest BCUT2D eigenvalue weighted by atomic mass is 9.90. The normalized spacial score (nSPS) is 17.5. The van der Waals surface area contributed by atoms with Gasteiger partial charge in [0.2, 0.25) is 0 Å². The van der Waals surface area contributed by atoms with Crippen LogP contribution >= 0.6 is 0 Å². The van der Waals surface area contributed by atoms with Crippen molar-refractivity contribution in [2.75, 3.05) is 13.7 Å². The molecule has 0 spiro atoms. The Morgan fingerprint density at radius 2 is 2.00 bits per heavy atom.